The molecule has 0 bridgehead atoms. The smallest absolute Gasteiger partial charge is 0.321 e. The fraction of sp³-hybridized carbons (Fsp3) is 0.619. The number of carbonyl (C=O) groups is 2. The van der Waals surface area contributed by atoms with Crippen molar-refractivity contribution in [3.63, 3.8) is 0 Å². The maximum absolute atomic E-state index is 12.8. The number of rotatable bonds is 5. The first-order valence-corrected chi connectivity index (χ1v) is 10.9. The lowest BCUT2D eigenvalue weighted by atomic mass is 10.2. The van der Waals surface area contributed by atoms with Gasteiger partial charge in [0.05, 0.1) is 18.8 Å². The van der Waals surface area contributed by atoms with Crippen LogP contribution in [-0.2, 0) is 4.79 Å². The highest BCUT2D eigenvalue weighted by atomic mass is 35.5. The van der Waals surface area contributed by atoms with E-state index >= 15 is 0 Å². The highest BCUT2D eigenvalue weighted by molar-refractivity contribution is 6.31. The third-order valence-electron chi connectivity index (χ3n) is 6.11. The molecule has 2 saturated heterocycles. The number of hydrogen-bond acceptors (Lipinski definition) is 4. The van der Waals surface area contributed by atoms with Gasteiger partial charge in [-0.1, -0.05) is 11.6 Å². The number of benzene rings is 1. The summed E-state index contributed by atoms with van der Waals surface area (Å²) < 4.78 is 5.31. The van der Waals surface area contributed by atoms with E-state index in [1.54, 1.807) is 25.3 Å². The molecule has 1 saturated carbocycles. The van der Waals surface area contributed by atoms with Crippen molar-refractivity contribution in [2.75, 3.05) is 51.7 Å². The van der Waals surface area contributed by atoms with Crippen molar-refractivity contribution in [2.24, 2.45) is 5.92 Å². The summed E-state index contributed by atoms with van der Waals surface area (Å²) >= 11 is 6.06. The van der Waals surface area contributed by atoms with Crippen LogP contribution in [0.1, 0.15) is 25.7 Å². The summed E-state index contributed by atoms with van der Waals surface area (Å²) in [7, 11) is 1.56. The van der Waals surface area contributed by atoms with E-state index in [0.29, 0.717) is 36.1 Å². The number of anilines is 1. The number of amides is 3. The van der Waals surface area contributed by atoms with E-state index in [1.165, 1.54) is 12.8 Å². The molecule has 1 aliphatic carbocycles. The van der Waals surface area contributed by atoms with Crippen LogP contribution in [0, 0.1) is 5.92 Å². The summed E-state index contributed by atoms with van der Waals surface area (Å²) in [6.45, 7) is 4.62. The molecule has 2 aliphatic heterocycles. The summed E-state index contributed by atoms with van der Waals surface area (Å²) in [5.74, 6) is 1.58. The van der Waals surface area contributed by atoms with Crippen molar-refractivity contribution in [1.82, 2.24) is 14.7 Å². The summed E-state index contributed by atoms with van der Waals surface area (Å²) in [5.41, 5.74) is 0.563. The molecule has 0 unspecified atom stereocenters. The van der Waals surface area contributed by atoms with Gasteiger partial charge in [0.25, 0.3) is 0 Å². The molecule has 8 heteroatoms. The van der Waals surface area contributed by atoms with E-state index in [0.717, 1.165) is 38.4 Å². The normalized spacial score (nSPS) is 23.2. The molecule has 29 heavy (non-hydrogen) atoms. The Balaban J connectivity index is 1.33. The van der Waals surface area contributed by atoms with Crippen molar-refractivity contribution < 1.29 is 14.3 Å². The van der Waals surface area contributed by atoms with E-state index in [-0.39, 0.29) is 18.0 Å². The number of nitrogens with one attached hydrogen (secondary N) is 1. The molecule has 1 N–H and O–H groups in total. The number of ether oxygens (including phenoxy) is 1. The highest BCUT2D eigenvalue weighted by Gasteiger charge is 2.38. The number of nitrogens with zero attached hydrogens (tertiary/aromatic N) is 3. The molecular formula is C21H29ClN4O3. The fourth-order valence-electron chi connectivity index (χ4n) is 4.28. The lowest BCUT2D eigenvalue weighted by Crippen LogP contribution is -2.44. The molecule has 0 radical (unpaired) electrons. The minimum Gasteiger partial charge on any atom is -0.495 e. The van der Waals surface area contributed by atoms with Gasteiger partial charge in [0.2, 0.25) is 5.91 Å². The second kappa shape index (κ2) is 8.79. The monoisotopic (exact) mass is 420 g/mol. The molecule has 3 fully saturated rings. The van der Waals surface area contributed by atoms with Crippen LogP contribution in [0.3, 0.4) is 0 Å². The molecule has 1 atom stereocenters. The molecule has 3 amide bonds. The van der Waals surface area contributed by atoms with E-state index in [4.69, 9.17) is 16.3 Å². The molecule has 1 aromatic rings. The van der Waals surface area contributed by atoms with Crippen LogP contribution in [0.4, 0.5) is 10.5 Å². The summed E-state index contributed by atoms with van der Waals surface area (Å²) in [4.78, 5) is 31.7. The predicted molar refractivity (Wildman–Crippen MR) is 112 cm³/mol. The molecule has 0 spiro atoms. The minimum absolute atomic E-state index is 0.0233. The molecule has 4 rings (SSSR count). The van der Waals surface area contributed by atoms with Crippen LogP contribution in [0.15, 0.2) is 18.2 Å². The standard InChI is InChI=1S/C21H29ClN4O3/c1-29-19-6-5-16(22)13-17(19)23-21(28)25-9-2-8-24(11-12-25)18-7-10-26(20(18)27)14-15-3-4-15/h5-6,13,15,18H,2-4,7-12,14H2,1H3,(H,23,28)/t18-/m1/s1. The Kier molecular flexibility index (Phi) is 6.15. The molecule has 1 aromatic carbocycles. The van der Waals surface area contributed by atoms with E-state index in [1.807, 2.05) is 9.80 Å². The zero-order chi connectivity index (χ0) is 20.4. The van der Waals surface area contributed by atoms with Crippen molar-refractivity contribution in [3.8, 4) is 5.75 Å². The van der Waals surface area contributed by atoms with Crippen molar-refractivity contribution >= 4 is 29.2 Å². The molecule has 3 aliphatic rings. The zero-order valence-corrected chi connectivity index (χ0v) is 17.7. The Hall–Kier alpha value is -1.99. The maximum Gasteiger partial charge on any atom is 0.321 e. The van der Waals surface area contributed by atoms with Crippen molar-refractivity contribution in [1.29, 1.82) is 0 Å². The molecule has 2 heterocycles. The van der Waals surface area contributed by atoms with Crippen LogP contribution in [0.25, 0.3) is 0 Å². The first-order valence-electron chi connectivity index (χ1n) is 10.5. The Labute approximate surface area is 176 Å². The SMILES string of the molecule is COc1ccc(Cl)cc1NC(=O)N1CCCN([C@@H]2CCN(CC3CC3)C2=O)CC1. The van der Waals surface area contributed by atoms with Crippen LogP contribution < -0.4 is 10.1 Å². The van der Waals surface area contributed by atoms with Gasteiger partial charge in [0, 0.05) is 44.3 Å². The number of methoxy groups -OCH3 is 1. The zero-order valence-electron chi connectivity index (χ0n) is 16.9. The van der Waals surface area contributed by atoms with Gasteiger partial charge in [-0.2, -0.15) is 0 Å². The Morgan fingerprint density at radius 1 is 1.17 bits per heavy atom. The second-order valence-electron chi connectivity index (χ2n) is 8.18. The van der Waals surface area contributed by atoms with Crippen LogP contribution in [0.5, 0.6) is 5.75 Å². The first kappa shape index (κ1) is 20.3. The second-order valence-corrected chi connectivity index (χ2v) is 8.62. The average Bonchev–Trinajstić information content (AvgIpc) is 3.49. The third kappa shape index (κ3) is 4.78. The van der Waals surface area contributed by atoms with Crippen LogP contribution in [0.2, 0.25) is 5.02 Å². The molecule has 158 valence electrons. The summed E-state index contributed by atoms with van der Waals surface area (Å²) in [6.07, 6.45) is 4.28. The fourth-order valence-corrected chi connectivity index (χ4v) is 4.45. The third-order valence-corrected chi connectivity index (χ3v) is 6.34. The summed E-state index contributed by atoms with van der Waals surface area (Å²) in [5, 5.41) is 3.45. The number of halogens is 1. The summed E-state index contributed by atoms with van der Waals surface area (Å²) in [6, 6.07) is 4.96. The van der Waals surface area contributed by atoms with Gasteiger partial charge in [-0.15, -0.1) is 0 Å². The van der Waals surface area contributed by atoms with Gasteiger partial charge in [-0.25, -0.2) is 4.79 Å². The van der Waals surface area contributed by atoms with Gasteiger partial charge in [0.1, 0.15) is 5.75 Å². The average molecular weight is 421 g/mol. The highest BCUT2D eigenvalue weighted by Crippen LogP contribution is 2.32. The van der Waals surface area contributed by atoms with Crippen LogP contribution >= 0.6 is 11.6 Å². The Morgan fingerprint density at radius 2 is 2.00 bits per heavy atom. The predicted octanol–water partition coefficient (Wildman–Crippen LogP) is 2.90. The number of urea groups is 1. The lowest BCUT2D eigenvalue weighted by molar-refractivity contribution is -0.132. The quantitative estimate of drug-likeness (QED) is 0.795. The van der Waals surface area contributed by atoms with E-state index in [2.05, 4.69) is 10.2 Å². The van der Waals surface area contributed by atoms with Crippen LogP contribution in [-0.4, -0.2) is 79.1 Å². The van der Waals surface area contributed by atoms with Crippen molar-refractivity contribution in [3.05, 3.63) is 23.2 Å². The number of likely N-dealkylation sites (tertiary alicyclic amines) is 1. The molecule has 7 nitrogen and oxygen atoms in total. The number of hydrogen-bond donors (Lipinski definition) is 1. The Bertz CT molecular complexity index is 770. The van der Waals surface area contributed by atoms with Gasteiger partial charge in [0.15, 0.2) is 0 Å². The Morgan fingerprint density at radius 3 is 2.76 bits per heavy atom. The first-order chi connectivity index (χ1) is 14.0. The van der Waals surface area contributed by atoms with Crippen molar-refractivity contribution in [2.45, 2.75) is 31.7 Å². The largest absolute Gasteiger partial charge is 0.495 e. The van der Waals surface area contributed by atoms with Gasteiger partial charge in [-0.05, 0) is 49.8 Å². The van der Waals surface area contributed by atoms with E-state index in [9.17, 15) is 9.59 Å². The molecule has 0 aromatic heterocycles. The lowest BCUT2D eigenvalue weighted by Gasteiger charge is -2.27. The maximum atomic E-state index is 12.8. The van der Waals surface area contributed by atoms with E-state index < -0.39 is 0 Å². The van der Waals surface area contributed by atoms with Gasteiger partial charge < -0.3 is 19.9 Å². The van der Waals surface area contributed by atoms with Gasteiger partial charge in [-0.3, -0.25) is 9.69 Å². The van der Waals surface area contributed by atoms with Gasteiger partial charge >= 0.3 is 6.03 Å². The topological polar surface area (TPSA) is 65.1 Å². The molecular weight excluding hydrogens is 392 g/mol. The number of carbonyl (C=O) groups excluding carboxylic acids is 2. The minimum atomic E-state index is -0.166.